The first kappa shape index (κ1) is 8.97. The number of hydrogen-bond acceptors (Lipinski definition) is 3. The van der Waals surface area contributed by atoms with Gasteiger partial charge in [-0.1, -0.05) is 0 Å². The van der Waals surface area contributed by atoms with Gasteiger partial charge in [0.1, 0.15) is 5.54 Å². The van der Waals surface area contributed by atoms with Gasteiger partial charge in [0, 0.05) is 6.04 Å². The first-order chi connectivity index (χ1) is 6.20. The lowest BCUT2D eigenvalue weighted by Crippen LogP contribution is -2.49. The van der Waals surface area contributed by atoms with Crippen molar-refractivity contribution in [3.05, 3.63) is 0 Å². The molecule has 0 aromatic carbocycles. The molecule has 4 nitrogen and oxygen atoms in total. The lowest BCUT2D eigenvalue weighted by atomic mass is 9.94. The Hall–Kier alpha value is -0.610. The molecular weight excluding hydrogens is 170 g/mol. The smallest absolute Gasteiger partial charge is 0.324 e. The second kappa shape index (κ2) is 2.96. The Kier molecular flexibility index (Phi) is 2.04. The number of aliphatic carboxylic acids is 1. The van der Waals surface area contributed by atoms with Crippen LogP contribution in [0.15, 0.2) is 0 Å². The number of aliphatic hydroxyl groups excluding tert-OH is 1. The van der Waals surface area contributed by atoms with E-state index in [4.69, 9.17) is 10.2 Å². The van der Waals surface area contributed by atoms with E-state index in [1.807, 2.05) is 4.90 Å². The number of carboxylic acid groups (broad SMARTS) is 1. The van der Waals surface area contributed by atoms with Crippen LogP contribution in [0.5, 0.6) is 0 Å². The fraction of sp³-hybridized carbons (Fsp3) is 0.889. The van der Waals surface area contributed by atoms with Crippen LogP contribution < -0.4 is 0 Å². The Morgan fingerprint density at radius 2 is 2.31 bits per heavy atom. The molecular formula is C9H15NO3. The third kappa shape index (κ3) is 1.09. The van der Waals surface area contributed by atoms with E-state index >= 15 is 0 Å². The van der Waals surface area contributed by atoms with Crippen molar-refractivity contribution in [1.29, 1.82) is 0 Å². The molecule has 74 valence electrons. The van der Waals surface area contributed by atoms with Crippen molar-refractivity contribution >= 4 is 5.97 Å². The van der Waals surface area contributed by atoms with E-state index in [0.717, 1.165) is 25.8 Å². The number of carboxylic acids is 1. The fourth-order valence-electron chi connectivity index (χ4n) is 2.79. The van der Waals surface area contributed by atoms with Gasteiger partial charge in [0.25, 0.3) is 0 Å². The van der Waals surface area contributed by atoms with Crippen LogP contribution in [0.3, 0.4) is 0 Å². The van der Waals surface area contributed by atoms with Gasteiger partial charge >= 0.3 is 5.97 Å². The molecule has 0 radical (unpaired) electrons. The standard InChI is InChI=1S/C9H15NO3/c11-6-7-2-4-9(8(12)13)3-1-5-10(7)9/h7,11H,1-6H2,(H,12,13). The molecule has 2 heterocycles. The third-order valence-corrected chi connectivity index (χ3v) is 3.48. The van der Waals surface area contributed by atoms with E-state index in [9.17, 15) is 4.79 Å². The molecule has 0 aromatic heterocycles. The van der Waals surface area contributed by atoms with Gasteiger partial charge in [0.15, 0.2) is 0 Å². The maximum Gasteiger partial charge on any atom is 0.324 e. The van der Waals surface area contributed by atoms with E-state index < -0.39 is 11.5 Å². The van der Waals surface area contributed by atoms with Gasteiger partial charge in [-0.3, -0.25) is 9.69 Å². The molecule has 0 spiro atoms. The van der Waals surface area contributed by atoms with E-state index in [1.165, 1.54) is 0 Å². The number of aliphatic hydroxyl groups is 1. The minimum atomic E-state index is -0.707. The van der Waals surface area contributed by atoms with Crippen molar-refractivity contribution in [2.24, 2.45) is 0 Å². The summed E-state index contributed by atoms with van der Waals surface area (Å²) in [5, 5.41) is 18.2. The Bertz CT molecular complexity index is 231. The van der Waals surface area contributed by atoms with Crippen molar-refractivity contribution in [2.75, 3.05) is 13.2 Å². The third-order valence-electron chi connectivity index (χ3n) is 3.48. The molecule has 2 fully saturated rings. The summed E-state index contributed by atoms with van der Waals surface area (Å²) in [6.07, 6.45) is 3.22. The molecule has 4 heteroatoms. The minimum Gasteiger partial charge on any atom is -0.480 e. The lowest BCUT2D eigenvalue weighted by molar-refractivity contribution is -0.148. The average Bonchev–Trinajstić information content (AvgIpc) is 2.60. The molecule has 0 amide bonds. The summed E-state index contributed by atoms with van der Waals surface area (Å²) in [7, 11) is 0. The zero-order valence-corrected chi connectivity index (χ0v) is 7.57. The van der Waals surface area contributed by atoms with Crippen LogP contribution in [0.1, 0.15) is 25.7 Å². The summed E-state index contributed by atoms with van der Waals surface area (Å²) < 4.78 is 0. The molecule has 0 bridgehead atoms. The highest BCUT2D eigenvalue weighted by Gasteiger charge is 2.54. The first-order valence-electron chi connectivity index (χ1n) is 4.82. The molecule has 2 aliphatic rings. The van der Waals surface area contributed by atoms with Crippen LogP contribution in [0.4, 0.5) is 0 Å². The van der Waals surface area contributed by atoms with E-state index in [-0.39, 0.29) is 12.6 Å². The molecule has 0 aliphatic carbocycles. The molecule has 2 rings (SSSR count). The van der Waals surface area contributed by atoms with Crippen molar-refractivity contribution in [1.82, 2.24) is 4.90 Å². The molecule has 2 unspecified atom stereocenters. The Morgan fingerprint density at radius 1 is 1.54 bits per heavy atom. The Balaban J connectivity index is 2.24. The topological polar surface area (TPSA) is 60.8 Å². The fourth-order valence-corrected chi connectivity index (χ4v) is 2.79. The summed E-state index contributed by atoms with van der Waals surface area (Å²) >= 11 is 0. The second-order valence-corrected chi connectivity index (χ2v) is 4.01. The Morgan fingerprint density at radius 3 is 2.92 bits per heavy atom. The van der Waals surface area contributed by atoms with Crippen LogP contribution >= 0.6 is 0 Å². The molecule has 0 aromatic rings. The van der Waals surface area contributed by atoms with Crippen LogP contribution in [0, 0.1) is 0 Å². The SMILES string of the molecule is O=C(O)C12CCCN1C(CO)CC2. The quantitative estimate of drug-likeness (QED) is 0.638. The maximum absolute atomic E-state index is 11.1. The van der Waals surface area contributed by atoms with Gasteiger partial charge in [0.05, 0.1) is 6.61 Å². The van der Waals surface area contributed by atoms with Gasteiger partial charge in [-0.25, -0.2) is 0 Å². The molecule has 2 atom stereocenters. The molecule has 13 heavy (non-hydrogen) atoms. The first-order valence-corrected chi connectivity index (χ1v) is 4.82. The molecule has 2 aliphatic heterocycles. The minimum absolute atomic E-state index is 0.0820. The van der Waals surface area contributed by atoms with Crippen molar-refractivity contribution in [3.63, 3.8) is 0 Å². The molecule has 2 saturated heterocycles. The van der Waals surface area contributed by atoms with Gasteiger partial charge in [-0.05, 0) is 32.2 Å². The molecule has 2 N–H and O–H groups in total. The predicted molar refractivity (Wildman–Crippen MR) is 46.4 cm³/mol. The van der Waals surface area contributed by atoms with Crippen molar-refractivity contribution in [3.8, 4) is 0 Å². The van der Waals surface area contributed by atoms with Gasteiger partial charge in [0.2, 0.25) is 0 Å². The number of hydrogen-bond donors (Lipinski definition) is 2. The van der Waals surface area contributed by atoms with Crippen molar-refractivity contribution < 1.29 is 15.0 Å². The normalized spacial score (nSPS) is 39.3. The second-order valence-electron chi connectivity index (χ2n) is 4.01. The monoisotopic (exact) mass is 185 g/mol. The van der Waals surface area contributed by atoms with Crippen LogP contribution in [-0.4, -0.2) is 45.8 Å². The highest BCUT2D eigenvalue weighted by Crippen LogP contribution is 2.42. The summed E-state index contributed by atoms with van der Waals surface area (Å²) in [5.74, 6) is -0.707. The van der Waals surface area contributed by atoms with Crippen LogP contribution in [0.25, 0.3) is 0 Å². The van der Waals surface area contributed by atoms with Gasteiger partial charge < -0.3 is 10.2 Å². The van der Waals surface area contributed by atoms with E-state index in [0.29, 0.717) is 6.42 Å². The number of rotatable bonds is 2. The summed E-state index contributed by atoms with van der Waals surface area (Å²) in [4.78, 5) is 13.1. The highest BCUT2D eigenvalue weighted by molar-refractivity contribution is 5.79. The zero-order chi connectivity index (χ0) is 9.47. The van der Waals surface area contributed by atoms with Crippen molar-refractivity contribution in [2.45, 2.75) is 37.3 Å². The van der Waals surface area contributed by atoms with Gasteiger partial charge in [-0.15, -0.1) is 0 Å². The largest absolute Gasteiger partial charge is 0.480 e. The molecule has 0 saturated carbocycles. The van der Waals surface area contributed by atoms with E-state index in [1.54, 1.807) is 0 Å². The predicted octanol–water partition coefficient (Wildman–Crippen LogP) is 0.0603. The van der Waals surface area contributed by atoms with E-state index in [2.05, 4.69) is 0 Å². The number of carbonyl (C=O) groups is 1. The maximum atomic E-state index is 11.1. The Labute approximate surface area is 77.2 Å². The lowest BCUT2D eigenvalue weighted by Gasteiger charge is -2.30. The van der Waals surface area contributed by atoms with Gasteiger partial charge in [-0.2, -0.15) is 0 Å². The summed E-state index contributed by atoms with van der Waals surface area (Å²) in [6, 6.07) is 0.0820. The number of fused-ring (bicyclic) bond motifs is 1. The number of nitrogens with zero attached hydrogens (tertiary/aromatic N) is 1. The average molecular weight is 185 g/mol. The summed E-state index contributed by atoms with van der Waals surface area (Å²) in [5.41, 5.74) is -0.632. The van der Waals surface area contributed by atoms with Crippen LogP contribution in [0.2, 0.25) is 0 Å². The highest BCUT2D eigenvalue weighted by atomic mass is 16.4. The zero-order valence-electron chi connectivity index (χ0n) is 7.57. The van der Waals surface area contributed by atoms with Crippen LogP contribution in [-0.2, 0) is 4.79 Å². The summed E-state index contributed by atoms with van der Waals surface area (Å²) in [6.45, 7) is 0.923.